The maximum absolute atomic E-state index is 8.83. The molecule has 0 unspecified atom stereocenters. The summed E-state index contributed by atoms with van der Waals surface area (Å²) in [5.41, 5.74) is 6.24. The van der Waals surface area contributed by atoms with Crippen LogP contribution >= 0.6 is 11.3 Å². The van der Waals surface area contributed by atoms with E-state index in [0.717, 1.165) is 11.4 Å². The number of anilines is 2. The Labute approximate surface area is 109 Å². The highest BCUT2D eigenvalue weighted by molar-refractivity contribution is 7.11. The van der Waals surface area contributed by atoms with Crippen LogP contribution in [-0.4, -0.2) is 9.97 Å². The van der Waals surface area contributed by atoms with Crippen LogP contribution in [0.2, 0.25) is 0 Å². The average Bonchev–Trinajstić information content (AvgIpc) is 2.86. The largest absolute Gasteiger partial charge is 0.396 e. The topological polar surface area (TPSA) is 87.6 Å². The fourth-order valence-electron chi connectivity index (χ4n) is 1.42. The number of nitrogens with two attached hydrogens (primary N) is 1. The van der Waals surface area contributed by atoms with Gasteiger partial charge in [0, 0.05) is 11.1 Å². The van der Waals surface area contributed by atoms with E-state index >= 15 is 0 Å². The van der Waals surface area contributed by atoms with Gasteiger partial charge in [-0.3, -0.25) is 0 Å². The van der Waals surface area contributed by atoms with Crippen LogP contribution in [-0.2, 0) is 13.0 Å². The highest BCUT2D eigenvalue weighted by Crippen LogP contribution is 2.16. The monoisotopic (exact) mass is 259 g/mol. The van der Waals surface area contributed by atoms with E-state index in [9.17, 15) is 0 Å². The molecule has 0 aliphatic carbocycles. The predicted octanol–water partition coefficient (Wildman–Crippen LogP) is 2.17. The fourth-order valence-corrected chi connectivity index (χ4v) is 2.22. The van der Waals surface area contributed by atoms with Crippen LogP contribution in [0.3, 0.4) is 0 Å². The third kappa shape index (κ3) is 2.76. The molecule has 92 valence electrons. The normalized spacial score (nSPS) is 10.0. The van der Waals surface area contributed by atoms with Gasteiger partial charge in [-0.25, -0.2) is 9.97 Å². The lowest BCUT2D eigenvalue weighted by Crippen LogP contribution is -2.03. The molecule has 0 radical (unpaired) electrons. The van der Waals surface area contributed by atoms with Crippen LogP contribution in [0.25, 0.3) is 0 Å². The highest BCUT2D eigenvalue weighted by atomic mass is 32.1. The molecule has 2 rings (SSSR count). The number of pyridine rings is 1. The standard InChI is InChI=1S/C12H13N5S/c1-2-8-6-16-12(18-8)7-15-11-4-3-9(14)10(5-13)17-11/h3-4,6H,2,7,14H2,1H3,(H,15,17). The van der Waals surface area contributed by atoms with Gasteiger partial charge >= 0.3 is 0 Å². The molecule has 0 spiro atoms. The lowest BCUT2D eigenvalue weighted by molar-refractivity contribution is 1.07. The first-order chi connectivity index (χ1) is 8.72. The SMILES string of the molecule is CCc1cnc(CNc2ccc(N)c(C#N)n2)s1. The Kier molecular flexibility index (Phi) is 3.75. The molecule has 3 N–H and O–H groups in total. The van der Waals surface area contributed by atoms with Crippen molar-refractivity contribution in [2.75, 3.05) is 11.1 Å². The molecule has 0 aliphatic rings. The molecule has 2 heterocycles. The van der Waals surface area contributed by atoms with E-state index in [1.807, 2.05) is 12.3 Å². The molecule has 0 amide bonds. The Balaban J connectivity index is 2.04. The molecule has 0 saturated carbocycles. The molecule has 18 heavy (non-hydrogen) atoms. The molecule has 0 aromatic carbocycles. The number of nitriles is 1. The van der Waals surface area contributed by atoms with Crippen molar-refractivity contribution in [3.05, 3.63) is 33.9 Å². The fraction of sp³-hybridized carbons (Fsp3) is 0.250. The molecule has 2 aromatic heterocycles. The number of nitrogen functional groups attached to an aromatic ring is 1. The second-order valence-corrected chi connectivity index (χ2v) is 4.87. The van der Waals surface area contributed by atoms with Crippen molar-refractivity contribution in [2.24, 2.45) is 0 Å². The Morgan fingerprint density at radius 2 is 2.33 bits per heavy atom. The molecular formula is C12H13N5S. The quantitative estimate of drug-likeness (QED) is 0.878. The van der Waals surface area contributed by atoms with Gasteiger partial charge in [0.2, 0.25) is 0 Å². The summed E-state index contributed by atoms with van der Waals surface area (Å²) in [6.07, 6.45) is 2.88. The van der Waals surface area contributed by atoms with Crippen molar-refractivity contribution in [3.63, 3.8) is 0 Å². The molecule has 0 bridgehead atoms. The zero-order valence-corrected chi connectivity index (χ0v) is 10.8. The summed E-state index contributed by atoms with van der Waals surface area (Å²) in [5.74, 6) is 0.633. The van der Waals surface area contributed by atoms with Gasteiger partial charge in [-0.1, -0.05) is 6.92 Å². The van der Waals surface area contributed by atoms with E-state index in [1.165, 1.54) is 4.88 Å². The van der Waals surface area contributed by atoms with Crippen LogP contribution < -0.4 is 11.1 Å². The van der Waals surface area contributed by atoms with Crippen molar-refractivity contribution >= 4 is 22.8 Å². The van der Waals surface area contributed by atoms with E-state index in [0.29, 0.717) is 18.1 Å². The smallest absolute Gasteiger partial charge is 0.165 e. The van der Waals surface area contributed by atoms with E-state index in [-0.39, 0.29) is 5.69 Å². The van der Waals surface area contributed by atoms with E-state index < -0.39 is 0 Å². The Bertz CT molecular complexity index is 584. The van der Waals surface area contributed by atoms with Crippen LogP contribution in [0.1, 0.15) is 22.5 Å². The van der Waals surface area contributed by atoms with Gasteiger partial charge in [0.05, 0.1) is 12.2 Å². The first-order valence-electron chi connectivity index (χ1n) is 5.57. The maximum Gasteiger partial charge on any atom is 0.165 e. The summed E-state index contributed by atoms with van der Waals surface area (Å²) < 4.78 is 0. The maximum atomic E-state index is 8.83. The van der Waals surface area contributed by atoms with Gasteiger partial charge in [0.25, 0.3) is 0 Å². The van der Waals surface area contributed by atoms with Crippen LogP contribution in [0.5, 0.6) is 0 Å². The van der Waals surface area contributed by atoms with Crippen LogP contribution in [0.15, 0.2) is 18.3 Å². The summed E-state index contributed by atoms with van der Waals surface area (Å²) in [6.45, 7) is 2.71. The van der Waals surface area contributed by atoms with Crippen LogP contribution in [0.4, 0.5) is 11.5 Å². The summed E-state index contributed by atoms with van der Waals surface area (Å²) in [6, 6.07) is 5.39. The average molecular weight is 259 g/mol. The van der Waals surface area contributed by atoms with Crippen molar-refractivity contribution in [1.82, 2.24) is 9.97 Å². The zero-order valence-electron chi connectivity index (χ0n) is 9.97. The number of aromatic nitrogens is 2. The van der Waals surface area contributed by atoms with E-state index in [2.05, 4.69) is 22.2 Å². The third-order valence-electron chi connectivity index (χ3n) is 2.40. The lowest BCUT2D eigenvalue weighted by Gasteiger charge is -2.04. The summed E-state index contributed by atoms with van der Waals surface area (Å²) in [7, 11) is 0. The van der Waals surface area contributed by atoms with E-state index in [4.69, 9.17) is 11.0 Å². The Hall–Kier alpha value is -2.13. The van der Waals surface area contributed by atoms with Crippen LogP contribution in [0, 0.1) is 11.3 Å². The Morgan fingerprint density at radius 3 is 3.00 bits per heavy atom. The number of aryl methyl sites for hydroxylation is 1. The molecule has 0 aliphatic heterocycles. The van der Waals surface area contributed by atoms with Gasteiger partial charge < -0.3 is 11.1 Å². The number of rotatable bonds is 4. The van der Waals surface area contributed by atoms with Gasteiger partial charge in [-0.15, -0.1) is 11.3 Å². The second-order valence-electron chi connectivity index (χ2n) is 3.67. The molecule has 0 atom stereocenters. The van der Waals surface area contributed by atoms with Gasteiger partial charge in [0.1, 0.15) is 16.9 Å². The van der Waals surface area contributed by atoms with E-state index in [1.54, 1.807) is 23.5 Å². The first-order valence-corrected chi connectivity index (χ1v) is 6.38. The number of nitrogens with one attached hydrogen (secondary N) is 1. The number of hydrogen-bond acceptors (Lipinski definition) is 6. The zero-order chi connectivity index (χ0) is 13.0. The van der Waals surface area contributed by atoms with Crippen molar-refractivity contribution in [3.8, 4) is 6.07 Å². The summed E-state index contributed by atoms with van der Waals surface area (Å²) >= 11 is 1.67. The molecule has 0 saturated heterocycles. The van der Waals surface area contributed by atoms with Gasteiger partial charge in [0.15, 0.2) is 5.69 Å². The number of thiazole rings is 1. The molecule has 0 fully saturated rings. The first kappa shape index (κ1) is 12.3. The minimum atomic E-state index is 0.244. The third-order valence-corrected chi connectivity index (χ3v) is 3.54. The number of hydrogen-bond donors (Lipinski definition) is 2. The van der Waals surface area contributed by atoms with Crippen molar-refractivity contribution < 1.29 is 0 Å². The number of nitrogens with zero attached hydrogens (tertiary/aromatic N) is 3. The van der Waals surface area contributed by atoms with Crippen molar-refractivity contribution in [1.29, 1.82) is 5.26 Å². The molecule has 6 heteroatoms. The molecule has 2 aromatic rings. The van der Waals surface area contributed by atoms with Gasteiger partial charge in [-0.05, 0) is 18.6 Å². The second kappa shape index (κ2) is 5.47. The Morgan fingerprint density at radius 1 is 1.50 bits per heavy atom. The molecule has 5 nitrogen and oxygen atoms in total. The highest BCUT2D eigenvalue weighted by Gasteiger charge is 2.04. The minimum Gasteiger partial charge on any atom is -0.396 e. The summed E-state index contributed by atoms with van der Waals surface area (Å²) in [5, 5.41) is 13.0. The lowest BCUT2D eigenvalue weighted by atomic mass is 10.3. The van der Waals surface area contributed by atoms with Gasteiger partial charge in [-0.2, -0.15) is 5.26 Å². The minimum absolute atomic E-state index is 0.244. The van der Waals surface area contributed by atoms with Crippen molar-refractivity contribution in [2.45, 2.75) is 19.9 Å². The summed E-state index contributed by atoms with van der Waals surface area (Å²) in [4.78, 5) is 9.67. The predicted molar refractivity (Wildman–Crippen MR) is 72.2 cm³/mol. The molecular weight excluding hydrogens is 246 g/mol.